The first-order chi connectivity index (χ1) is 10.3. The van der Waals surface area contributed by atoms with Gasteiger partial charge in [-0.2, -0.15) is 0 Å². The van der Waals surface area contributed by atoms with Crippen molar-refractivity contribution in [2.24, 2.45) is 11.7 Å². The zero-order valence-corrected chi connectivity index (χ0v) is 12.8. The van der Waals surface area contributed by atoms with Crippen molar-refractivity contribution in [2.45, 2.75) is 57.0 Å². The van der Waals surface area contributed by atoms with Crippen LogP contribution in [0.2, 0.25) is 0 Å². The van der Waals surface area contributed by atoms with Gasteiger partial charge < -0.3 is 10.6 Å². The standard InChI is InChI=1S/C18H27FN2/c19-16-9-3-2-8-15(16)17(20)11-13-21-12-5-7-14-6-1-4-10-18(14)21/h2-3,8-9,14,17-18H,1,4-7,10-13,20H2. The van der Waals surface area contributed by atoms with Crippen LogP contribution in [0.15, 0.2) is 24.3 Å². The van der Waals surface area contributed by atoms with Gasteiger partial charge >= 0.3 is 0 Å². The Labute approximate surface area is 127 Å². The van der Waals surface area contributed by atoms with Crippen molar-refractivity contribution in [3.05, 3.63) is 35.6 Å². The summed E-state index contributed by atoms with van der Waals surface area (Å²) in [4.78, 5) is 2.63. The highest BCUT2D eigenvalue weighted by molar-refractivity contribution is 5.20. The van der Waals surface area contributed by atoms with E-state index in [0.717, 1.165) is 24.9 Å². The van der Waals surface area contributed by atoms with Crippen molar-refractivity contribution in [2.75, 3.05) is 13.1 Å². The van der Waals surface area contributed by atoms with E-state index in [-0.39, 0.29) is 11.9 Å². The zero-order chi connectivity index (χ0) is 14.7. The summed E-state index contributed by atoms with van der Waals surface area (Å²) in [6.45, 7) is 2.21. The molecule has 1 aliphatic heterocycles. The van der Waals surface area contributed by atoms with Gasteiger partial charge in [-0.05, 0) is 50.6 Å². The van der Waals surface area contributed by atoms with E-state index in [1.54, 1.807) is 6.07 Å². The number of fused-ring (bicyclic) bond motifs is 1. The van der Waals surface area contributed by atoms with Gasteiger partial charge in [-0.15, -0.1) is 0 Å². The molecule has 1 saturated carbocycles. The summed E-state index contributed by atoms with van der Waals surface area (Å²) < 4.78 is 13.8. The smallest absolute Gasteiger partial charge is 0.127 e. The fourth-order valence-corrected chi connectivity index (χ4v) is 4.24. The first-order valence-electron chi connectivity index (χ1n) is 8.50. The van der Waals surface area contributed by atoms with Gasteiger partial charge in [0.05, 0.1) is 0 Å². The normalized spacial score (nSPS) is 28.1. The summed E-state index contributed by atoms with van der Waals surface area (Å²) in [5, 5.41) is 0. The van der Waals surface area contributed by atoms with Crippen LogP contribution in [0.1, 0.15) is 56.6 Å². The second kappa shape index (κ2) is 6.89. The van der Waals surface area contributed by atoms with E-state index >= 15 is 0 Å². The Bertz CT molecular complexity index is 460. The number of nitrogens with two attached hydrogens (primary N) is 1. The van der Waals surface area contributed by atoms with Crippen molar-refractivity contribution >= 4 is 0 Å². The van der Waals surface area contributed by atoms with E-state index in [4.69, 9.17) is 5.73 Å². The fraction of sp³-hybridized carbons (Fsp3) is 0.667. The molecular weight excluding hydrogens is 263 g/mol. The summed E-state index contributed by atoms with van der Waals surface area (Å²) in [6.07, 6.45) is 9.10. The molecule has 0 bridgehead atoms. The van der Waals surface area contributed by atoms with Gasteiger partial charge in [-0.3, -0.25) is 0 Å². The minimum atomic E-state index is -0.185. The molecule has 1 aliphatic carbocycles. The van der Waals surface area contributed by atoms with Gasteiger partial charge in [0.1, 0.15) is 5.82 Å². The molecule has 1 aromatic carbocycles. The van der Waals surface area contributed by atoms with Gasteiger partial charge in [-0.1, -0.05) is 31.0 Å². The number of hydrogen-bond acceptors (Lipinski definition) is 2. The molecule has 2 N–H and O–H groups in total. The number of benzene rings is 1. The number of rotatable bonds is 4. The highest BCUT2D eigenvalue weighted by Crippen LogP contribution is 2.35. The predicted octanol–water partition coefficient (Wildman–Crippen LogP) is 3.87. The zero-order valence-electron chi connectivity index (χ0n) is 12.8. The van der Waals surface area contributed by atoms with Crippen LogP contribution in [0.4, 0.5) is 4.39 Å². The van der Waals surface area contributed by atoms with Crippen LogP contribution in [0.25, 0.3) is 0 Å². The molecular formula is C18H27FN2. The van der Waals surface area contributed by atoms with Gasteiger partial charge in [0, 0.05) is 24.2 Å². The fourth-order valence-electron chi connectivity index (χ4n) is 4.24. The summed E-state index contributed by atoms with van der Waals surface area (Å²) in [7, 11) is 0. The average Bonchev–Trinajstić information content (AvgIpc) is 2.53. The number of likely N-dealkylation sites (tertiary alicyclic amines) is 1. The van der Waals surface area contributed by atoms with Gasteiger partial charge in [0.15, 0.2) is 0 Å². The Hall–Kier alpha value is -0.930. The Morgan fingerprint density at radius 3 is 2.76 bits per heavy atom. The molecule has 21 heavy (non-hydrogen) atoms. The van der Waals surface area contributed by atoms with Crippen LogP contribution in [-0.4, -0.2) is 24.0 Å². The lowest BCUT2D eigenvalue weighted by molar-refractivity contribution is 0.0585. The molecule has 3 unspecified atom stereocenters. The van der Waals surface area contributed by atoms with Crippen LogP contribution < -0.4 is 5.73 Å². The second-order valence-corrected chi connectivity index (χ2v) is 6.71. The molecule has 0 aromatic heterocycles. The lowest BCUT2D eigenvalue weighted by Gasteiger charge is -2.44. The largest absolute Gasteiger partial charge is 0.324 e. The minimum absolute atomic E-state index is 0.167. The third-order valence-corrected chi connectivity index (χ3v) is 5.39. The summed E-state index contributed by atoms with van der Waals surface area (Å²) >= 11 is 0. The first kappa shape index (κ1) is 15.0. The SMILES string of the molecule is NC(CCN1CCCC2CCCCC21)c1ccccc1F. The van der Waals surface area contributed by atoms with E-state index in [0.29, 0.717) is 5.56 Å². The Morgan fingerprint density at radius 1 is 1.14 bits per heavy atom. The molecule has 1 aromatic rings. The molecule has 0 amide bonds. The molecule has 0 spiro atoms. The minimum Gasteiger partial charge on any atom is -0.324 e. The maximum atomic E-state index is 13.8. The van der Waals surface area contributed by atoms with Crippen molar-refractivity contribution in [3.8, 4) is 0 Å². The molecule has 3 atom stereocenters. The molecule has 1 saturated heterocycles. The maximum Gasteiger partial charge on any atom is 0.127 e. The summed E-state index contributed by atoms with van der Waals surface area (Å²) in [5.74, 6) is 0.733. The summed E-state index contributed by atoms with van der Waals surface area (Å²) in [6, 6.07) is 7.50. The Kier molecular flexibility index (Phi) is 4.91. The van der Waals surface area contributed by atoms with Gasteiger partial charge in [0.25, 0.3) is 0 Å². The van der Waals surface area contributed by atoms with Crippen molar-refractivity contribution in [1.29, 1.82) is 0 Å². The molecule has 2 fully saturated rings. The summed E-state index contributed by atoms with van der Waals surface area (Å²) in [5.41, 5.74) is 6.88. The first-order valence-corrected chi connectivity index (χ1v) is 8.50. The van der Waals surface area contributed by atoms with Crippen molar-refractivity contribution in [1.82, 2.24) is 4.90 Å². The predicted molar refractivity (Wildman–Crippen MR) is 84.5 cm³/mol. The van der Waals surface area contributed by atoms with Crippen LogP contribution in [0.5, 0.6) is 0 Å². The highest BCUT2D eigenvalue weighted by Gasteiger charge is 2.32. The quantitative estimate of drug-likeness (QED) is 0.912. The molecule has 0 radical (unpaired) electrons. The van der Waals surface area contributed by atoms with E-state index in [1.165, 1.54) is 51.1 Å². The molecule has 2 nitrogen and oxygen atoms in total. The van der Waals surface area contributed by atoms with Gasteiger partial charge in [0.2, 0.25) is 0 Å². The third kappa shape index (κ3) is 3.46. The van der Waals surface area contributed by atoms with Gasteiger partial charge in [-0.25, -0.2) is 4.39 Å². The van der Waals surface area contributed by atoms with E-state index in [1.807, 2.05) is 12.1 Å². The van der Waals surface area contributed by atoms with E-state index in [9.17, 15) is 4.39 Å². The average molecular weight is 290 g/mol. The van der Waals surface area contributed by atoms with Crippen molar-refractivity contribution in [3.63, 3.8) is 0 Å². The molecule has 116 valence electrons. The van der Waals surface area contributed by atoms with Crippen LogP contribution in [0, 0.1) is 11.7 Å². The third-order valence-electron chi connectivity index (χ3n) is 5.39. The lowest BCUT2D eigenvalue weighted by Crippen LogP contribution is -2.47. The Balaban J connectivity index is 1.58. The Morgan fingerprint density at radius 2 is 1.90 bits per heavy atom. The van der Waals surface area contributed by atoms with E-state index in [2.05, 4.69) is 4.90 Å². The van der Waals surface area contributed by atoms with Crippen LogP contribution in [-0.2, 0) is 0 Å². The number of halogens is 1. The molecule has 3 heteroatoms. The lowest BCUT2D eigenvalue weighted by atomic mass is 9.78. The second-order valence-electron chi connectivity index (χ2n) is 6.71. The highest BCUT2D eigenvalue weighted by atomic mass is 19.1. The molecule has 3 rings (SSSR count). The number of hydrogen-bond donors (Lipinski definition) is 1. The number of nitrogens with zero attached hydrogens (tertiary/aromatic N) is 1. The monoisotopic (exact) mass is 290 g/mol. The van der Waals surface area contributed by atoms with Crippen LogP contribution in [0.3, 0.4) is 0 Å². The molecule has 2 aliphatic rings. The van der Waals surface area contributed by atoms with Crippen molar-refractivity contribution < 1.29 is 4.39 Å². The number of piperidine rings is 1. The maximum absolute atomic E-state index is 13.8. The topological polar surface area (TPSA) is 29.3 Å². The van der Waals surface area contributed by atoms with E-state index < -0.39 is 0 Å². The molecule has 1 heterocycles. The van der Waals surface area contributed by atoms with Crippen LogP contribution >= 0.6 is 0 Å².